The van der Waals surface area contributed by atoms with E-state index in [1.54, 1.807) is 25.2 Å². The zero-order chi connectivity index (χ0) is 32.1. The number of fused-ring (bicyclic) bond motifs is 3. The minimum Gasteiger partial charge on any atom is -0.388 e. The third-order valence-electron chi connectivity index (χ3n) is 7.88. The topological polar surface area (TPSA) is 89.6 Å². The van der Waals surface area contributed by atoms with Gasteiger partial charge in [-0.05, 0) is 67.7 Å². The number of nitrogens with zero attached hydrogens (tertiary/aromatic N) is 3. The molecule has 12 heteroatoms. The van der Waals surface area contributed by atoms with Crippen LogP contribution in [0.5, 0.6) is 0 Å². The second kappa shape index (κ2) is 13.8. The average Bonchev–Trinajstić information content (AvgIpc) is 3.47. The number of aromatic nitrogens is 1. The summed E-state index contributed by atoms with van der Waals surface area (Å²) >= 11 is 1.52. The molecule has 0 atom stereocenters. The van der Waals surface area contributed by atoms with Crippen LogP contribution in [0.15, 0.2) is 54.9 Å². The van der Waals surface area contributed by atoms with E-state index in [4.69, 9.17) is 0 Å². The largest absolute Gasteiger partial charge is 0.416 e. The third kappa shape index (κ3) is 7.70. The number of thiophene rings is 1. The van der Waals surface area contributed by atoms with Gasteiger partial charge in [0.25, 0.3) is 5.91 Å². The molecule has 0 spiro atoms. The number of aryl methyl sites for hydroxylation is 1. The molecule has 1 fully saturated rings. The number of piperazine rings is 1. The van der Waals surface area contributed by atoms with Gasteiger partial charge in [0, 0.05) is 78.6 Å². The fraction of sp³-hybridized carbons (Fsp3) is 0.303. The van der Waals surface area contributed by atoms with Crippen LogP contribution in [0, 0.1) is 6.92 Å². The van der Waals surface area contributed by atoms with E-state index in [2.05, 4.69) is 25.8 Å². The van der Waals surface area contributed by atoms with Crippen molar-refractivity contribution >= 4 is 51.1 Å². The number of hydrogen-bond acceptors (Lipinski definition) is 8. The van der Waals surface area contributed by atoms with Gasteiger partial charge in [-0.1, -0.05) is 12.1 Å². The number of rotatable bonds is 6. The van der Waals surface area contributed by atoms with E-state index in [1.807, 2.05) is 43.4 Å². The molecule has 1 amide bonds. The summed E-state index contributed by atoms with van der Waals surface area (Å²) in [6.07, 6.45) is 2.16. The highest BCUT2D eigenvalue weighted by Gasteiger charge is 2.34. The first-order chi connectivity index (χ1) is 21.5. The molecule has 2 aliphatic rings. The van der Waals surface area contributed by atoms with Crippen LogP contribution >= 0.6 is 11.3 Å². The lowest BCUT2D eigenvalue weighted by Crippen LogP contribution is -2.44. The maximum absolute atomic E-state index is 13.7. The van der Waals surface area contributed by atoms with Gasteiger partial charge in [0.2, 0.25) is 0 Å². The van der Waals surface area contributed by atoms with Crippen LogP contribution in [0.25, 0.3) is 16.2 Å². The smallest absolute Gasteiger partial charge is 0.388 e. The third-order valence-corrected chi connectivity index (χ3v) is 8.99. The Labute approximate surface area is 263 Å². The number of benzene rings is 2. The lowest BCUT2D eigenvalue weighted by atomic mass is 10.0. The molecule has 0 bridgehead atoms. The van der Waals surface area contributed by atoms with Gasteiger partial charge < -0.3 is 20.9 Å². The molecule has 0 unspecified atom stereocenters. The second-order valence-electron chi connectivity index (χ2n) is 11.1. The van der Waals surface area contributed by atoms with Crippen LogP contribution in [-0.4, -0.2) is 67.3 Å². The van der Waals surface area contributed by atoms with E-state index < -0.39 is 17.6 Å². The molecule has 2 aliphatic heterocycles. The normalized spacial score (nSPS) is 15.1. The van der Waals surface area contributed by atoms with Crippen molar-refractivity contribution < 1.29 is 22.8 Å². The molecule has 6 rings (SSSR count). The Kier molecular flexibility index (Phi) is 9.86. The maximum atomic E-state index is 13.7. The molecule has 0 radical (unpaired) electrons. The Morgan fingerprint density at radius 1 is 1.11 bits per heavy atom. The molecule has 45 heavy (non-hydrogen) atoms. The number of halogens is 3. The molecule has 4 heterocycles. The summed E-state index contributed by atoms with van der Waals surface area (Å²) < 4.78 is 42.3. The molecule has 2 aromatic carbocycles. The Morgan fingerprint density at radius 3 is 2.60 bits per heavy atom. The number of anilines is 2. The first-order valence-electron chi connectivity index (χ1n) is 14.5. The second-order valence-corrected chi connectivity index (χ2v) is 12.2. The predicted molar refractivity (Wildman–Crippen MR) is 174 cm³/mol. The molecule has 236 valence electrons. The molecule has 0 saturated carbocycles. The average molecular weight is 637 g/mol. The van der Waals surface area contributed by atoms with Crippen molar-refractivity contribution in [1.82, 2.24) is 20.1 Å². The number of aldehydes is 1. The highest BCUT2D eigenvalue weighted by molar-refractivity contribution is 7.20. The van der Waals surface area contributed by atoms with Crippen molar-refractivity contribution in [1.29, 1.82) is 0 Å². The zero-order valence-electron chi connectivity index (χ0n) is 25.3. The lowest BCUT2D eigenvalue weighted by Gasteiger charge is -2.33. The lowest BCUT2D eigenvalue weighted by molar-refractivity contribution is -0.138. The highest BCUT2D eigenvalue weighted by Crippen LogP contribution is 2.35. The Balaban J connectivity index is 0.000000220. The van der Waals surface area contributed by atoms with Gasteiger partial charge in [-0.3, -0.25) is 19.5 Å². The quantitative estimate of drug-likeness (QED) is 0.216. The monoisotopic (exact) mass is 636 g/mol. The van der Waals surface area contributed by atoms with E-state index in [9.17, 15) is 22.8 Å². The Bertz CT molecular complexity index is 1730. The Morgan fingerprint density at radius 2 is 1.89 bits per heavy atom. The molecule has 1 saturated heterocycles. The van der Waals surface area contributed by atoms with Crippen molar-refractivity contribution in [3.8, 4) is 0 Å². The minimum absolute atomic E-state index is 0.126. The summed E-state index contributed by atoms with van der Waals surface area (Å²) in [5.74, 6) is -0.452. The van der Waals surface area contributed by atoms with E-state index in [1.165, 1.54) is 23.5 Å². The van der Waals surface area contributed by atoms with Gasteiger partial charge >= 0.3 is 6.18 Å². The number of amides is 1. The molecule has 3 N–H and O–H groups in total. The van der Waals surface area contributed by atoms with Gasteiger partial charge in [0.05, 0.1) is 22.7 Å². The van der Waals surface area contributed by atoms with Crippen LogP contribution in [0.1, 0.15) is 48.0 Å². The molecule has 2 aromatic heterocycles. The van der Waals surface area contributed by atoms with Crippen molar-refractivity contribution in [3.63, 3.8) is 0 Å². The zero-order valence-corrected chi connectivity index (χ0v) is 26.1. The minimum atomic E-state index is -4.49. The summed E-state index contributed by atoms with van der Waals surface area (Å²) in [6.45, 7) is 6.03. The van der Waals surface area contributed by atoms with Crippen molar-refractivity contribution in [3.05, 3.63) is 93.2 Å². The SMILES string of the molecule is CNc1cc(C(=O)Nc2ccc(CN3CCN(C)CC3)c(C(F)(F)F)c2)ccc1C.O=Cc1cc2cnc3c(c2s1)C=CNC3. The predicted octanol–water partition coefficient (Wildman–Crippen LogP) is 6.24. The van der Waals surface area contributed by atoms with E-state index >= 15 is 0 Å². The van der Waals surface area contributed by atoms with Crippen molar-refractivity contribution in [2.24, 2.45) is 0 Å². The summed E-state index contributed by atoms with van der Waals surface area (Å²) in [5, 5.41) is 9.75. The molecule has 4 aromatic rings. The van der Waals surface area contributed by atoms with Gasteiger partial charge in [-0.15, -0.1) is 11.3 Å². The highest BCUT2D eigenvalue weighted by atomic mass is 32.1. The molecule has 0 aliphatic carbocycles. The maximum Gasteiger partial charge on any atom is 0.416 e. The number of hydrogen-bond donors (Lipinski definition) is 3. The first kappa shape index (κ1) is 32.1. The van der Waals surface area contributed by atoms with Crippen LogP contribution in [0.4, 0.5) is 24.5 Å². The van der Waals surface area contributed by atoms with Gasteiger partial charge in [-0.2, -0.15) is 13.2 Å². The van der Waals surface area contributed by atoms with Gasteiger partial charge in [0.1, 0.15) is 0 Å². The summed E-state index contributed by atoms with van der Waals surface area (Å²) in [7, 11) is 3.75. The fourth-order valence-electron chi connectivity index (χ4n) is 5.29. The van der Waals surface area contributed by atoms with E-state index in [0.29, 0.717) is 5.56 Å². The van der Waals surface area contributed by atoms with Crippen molar-refractivity contribution in [2.45, 2.75) is 26.2 Å². The Hall–Kier alpha value is -4.26. The standard InChI is InChI=1S/C22H27F3N4O.C11H8N2OS/c1-15-4-5-16(12-20(15)26-2)21(30)27-18-7-6-17(19(13-18)22(23,24)25)14-29-10-8-28(3)9-11-29;14-6-8-3-7-4-13-10-5-12-2-1-9(10)11(7)15-8/h4-7,12-13,26H,8-11,14H2,1-3H3,(H,27,30);1-4,6,12H,5H2. The molecule has 8 nitrogen and oxygen atoms in total. The summed E-state index contributed by atoms with van der Waals surface area (Å²) in [5.41, 5.74) is 3.97. The van der Waals surface area contributed by atoms with E-state index in [-0.39, 0.29) is 17.8 Å². The number of carbonyl (C=O) groups excluding carboxylic acids is 2. The first-order valence-corrected chi connectivity index (χ1v) is 15.3. The fourth-order valence-corrected chi connectivity index (χ4v) is 6.28. The summed E-state index contributed by atoms with van der Waals surface area (Å²) in [4.78, 5) is 32.6. The van der Waals surface area contributed by atoms with Crippen LogP contribution in [0.2, 0.25) is 0 Å². The van der Waals surface area contributed by atoms with Crippen molar-refractivity contribution in [2.75, 3.05) is 50.9 Å². The van der Waals surface area contributed by atoms with Crippen LogP contribution < -0.4 is 16.0 Å². The number of likely N-dealkylation sites (N-methyl/N-ethyl adjacent to an activating group) is 1. The molecular weight excluding hydrogens is 601 g/mol. The van der Waals surface area contributed by atoms with E-state index in [0.717, 1.165) is 82.5 Å². The number of pyridine rings is 1. The number of nitrogens with one attached hydrogen (secondary N) is 3. The summed E-state index contributed by atoms with van der Waals surface area (Å²) in [6, 6.07) is 11.0. The van der Waals surface area contributed by atoms with Crippen LogP contribution in [-0.2, 0) is 19.3 Å². The van der Waals surface area contributed by atoms with Crippen LogP contribution in [0.3, 0.4) is 0 Å². The number of alkyl halides is 3. The number of carbonyl (C=O) groups is 2. The molecular formula is C33H35F3N6O2S. The van der Waals surface area contributed by atoms with Gasteiger partial charge in [0.15, 0.2) is 6.29 Å². The van der Waals surface area contributed by atoms with Gasteiger partial charge in [-0.25, -0.2) is 0 Å².